The molecular formula is C31H33FN8O3. The Bertz CT molecular complexity index is 1770. The molecule has 5 aromatic rings. The molecule has 11 nitrogen and oxygen atoms in total. The van der Waals surface area contributed by atoms with E-state index >= 15 is 4.39 Å². The normalized spacial score (nSPS) is 17.4. The number of aromatic amines is 1. The fourth-order valence-electron chi connectivity index (χ4n) is 5.11. The van der Waals surface area contributed by atoms with Crippen LogP contribution in [0.4, 0.5) is 10.1 Å². The van der Waals surface area contributed by atoms with Crippen LogP contribution in [0.1, 0.15) is 56.7 Å². The lowest BCUT2D eigenvalue weighted by Gasteiger charge is -2.36. The SMILES string of the molecule is CC1CN(c2ccc(-c3nc4nccc(-c5ccc(CNC(=O)c6noc(C(C)(C)C)n6)c(F)c5)c4[nH]3)nc2)CC(C)O1. The average molecular weight is 585 g/mol. The Morgan fingerprint density at radius 3 is 2.56 bits per heavy atom. The molecule has 0 bridgehead atoms. The number of nitrogens with zero attached hydrogens (tertiary/aromatic N) is 6. The number of carbonyl (C=O) groups is 1. The first-order valence-corrected chi connectivity index (χ1v) is 14.2. The maximum absolute atomic E-state index is 15.2. The number of H-pyrrole nitrogens is 1. The molecule has 1 amide bonds. The smallest absolute Gasteiger partial charge is 0.292 e. The number of hydrogen-bond donors (Lipinski definition) is 2. The summed E-state index contributed by atoms with van der Waals surface area (Å²) in [7, 11) is 0. The molecule has 1 aliphatic rings. The van der Waals surface area contributed by atoms with Crippen LogP contribution in [0.3, 0.4) is 0 Å². The van der Waals surface area contributed by atoms with E-state index in [0.29, 0.717) is 39.7 Å². The first kappa shape index (κ1) is 28.4. The Morgan fingerprint density at radius 1 is 1.09 bits per heavy atom. The van der Waals surface area contributed by atoms with Crippen molar-refractivity contribution in [1.29, 1.82) is 0 Å². The molecule has 222 valence electrons. The van der Waals surface area contributed by atoms with Crippen molar-refractivity contribution in [3.8, 4) is 22.6 Å². The van der Waals surface area contributed by atoms with Crippen molar-refractivity contribution < 1.29 is 18.4 Å². The quantitative estimate of drug-likeness (QED) is 0.281. The maximum Gasteiger partial charge on any atom is 0.292 e. The first-order valence-electron chi connectivity index (χ1n) is 14.2. The largest absolute Gasteiger partial charge is 0.372 e. The van der Waals surface area contributed by atoms with E-state index in [-0.39, 0.29) is 30.0 Å². The zero-order chi connectivity index (χ0) is 30.3. The van der Waals surface area contributed by atoms with Crippen molar-refractivity contribution in [2.24, 2.45) is 0 Å². The summed E-state index contributed by atoms with van der Waals surface area (Å²) in [6, 6.07) is 10.6. The maximum atomic E-state index is 15.2. The minimum absolute atomic E-state index is 0.0335. The molecule has 0 aliphatic carbocycles. The molecule has 1 fully saturated rings. The van der Waals surface area contributed by atoms with Crippen LogP contribution in [-0.2, 0) is 16.7 Å². The first-order chi connectivity index (χ1) is 20.5. The highest BCUT2D eigenvalue weighted by molar-refractivity contribution is 5.91. The highest BCUT2D eigenvalue weighted by Crippen LogP contribution is 2.30. The summed E-state index contributed by atoms with van der Waals surface area (Å²) in [4.78, 5) is 35.9. The van der Waals surface area contributed by atoms with Crippen molar-refractivity contribution in [2.45, 2.75) is 58.8 Å². The molecule has 2 unspecified atom stereocenters. The van der Waals surface area contributed by atoms with Gasteiger partial charge < -0.3 is 24.5 Å². The van der Waals surface area contributed by atoms with Crippen LogP contribution >= 0.6 is 0 Å². The number of fused-ring (bicyclic) bond motifs is 1. The van der Waals surface area contributed by atoms with E-state index in [2.05, 4.69) is 54.1 Å². The summed E-state index contributed by atoms with van der Waals surface area (Å²) in [5.41, 5.74) is 4.20. The number of carbonyl (C=O) groups excluding carboxylic acids is 1. The summed E-state index contributed by atoms with van der Waals surface area (Å²) < 4.78 is 26.2. The van der Waals surface area contributed by atoms with Crippen LogP contribution < -0.4 is 10.2 Å². The number of hydrogen-bond acceptors (Lipinski definition) is 9. The van der Waals surface area contributed by atoms with Gasteiger partial charge in [-0.3, -0.25) is 9.78 Å². The molecule has 12 heteroatoms. The molecule has 1 aromatic carbocycles. The number of morpholine rings is 1. The van der Waals surface area contributed by atoms with E-state index in [0.717, 1.165) is 24.3 Å². The molecule has 1 saturated heterocycles. The van der Waals surface area contributed by atoms with Gasteiger partial charge in [0.25, 0.3) is 11.7 Å². The molecular weight excluding hydrogens is 551 g/mol. The molecule has 43 heavy (non-hydrogen) atoms. The van der Waals surface area contributed by atoms with E-state index < -0.39 is 11.7 Å². The zero-order valence-corrected chi connectivity index (χ0v) is 24.7. The summed E-state index contributed by atoms with van der Waals surface area (Å²) in [6.45, 7) is 11.4. The van der Waals surface area contributed by atoms with E-state index in [1.165, 1.54) is 6.07 Å². The van der Waals surface area contributed by atoms with Gasteiger partial charge in [-0.05, 0) is 43.7 Å². The van der Waals surface area contributed by atoms with Gasteiger partial charge in [0.2, 0.25) is 5.89 Å². The standard InChI is InChI=1S/C31H33FN8O3/c1-17-15-40(16-18(2)42-17)21-8-9-24(34-14-21)26-36-25-22(10-11-33-27(25)37-26)19-6-7-20(23(32)12-19)13-35-29(41)28-38-30(43-39-28)31(3,4)5/h6-12,14,17-18H,13,15-16H2,1-5H3,(H,35,41)(H,33,36,37). The lowest BCUT2D eigenvalue weighted by molar-refractivity contribution is -0.00523. The fourth-order valence-corrected chi connectivity index (χ4v) is 5.11. The second kappa shape index (κ2) is 11.2. The lowest BCUT2D eigenvalue weighted by Crippen LogP contribution is -2.45. The van der Waals surface area contributed by atoms with Gasteiger partial charge in [0.05, 0.1) is 29.6 Å². The number of pyridine rings is 2. The Labute approximate surface area is 247 Å². The van der Waals surface area contributed by atoms with Crippen LogP contribution in [-0.4, -0.2) is 61.3 Å². The van der Waals surface area contributed by atoms with Crippen LogP contribution in [0.2, 0.25) is 0 Å². The van der Waals surface area contributed by atoms with Gasteiger partial charge in [-0.1, -0.05) is 38.1 Å². The number of ether oxygens (including phenoxy) is 1. The molecule has 0 radical (unpaired) electrons. The number of aromatic nitrogens is 6. The minimum Gasteiger partial charge on any atom is -0.372 e. The van der Waals surface area contributed by atoms with Crippen molar-refractivity contribution in [1.82, 2.24) is 35.4 Å². The monoisotopic (exact) mass is 584 g/mol. The Kier molecular flexibility index (Phi) is 7.38. The molecule has 6 rings (SSSR count). The van der Waals surface area contributed by atoms with Crippen molar-refractivity contribution in [2.75, 3.05) is 18.0 Å². The Hall–Kier alpha value is -4.71. The fraction of sp³-hybridized carbons (Fsp3) is 0.355. The number of nitrogens with one attached hydrogen (secondary N) is 2. The molecule has 5 heterocycles. The zero-order valence-electron chi connectivity index (χ0n) is 24.7. The van der Waals surface area contributed by atoms with Crippen LogP contribution in [0, 0.1) is 5.82 Å². The third kappa shape index (κ3) is 5.96. The summed E-state index contributed by atoms with van der Waals surface area (Å²) in [6.07, 6.45) is 3.79. The van der Waals surface area contributed by atoms with Crippen molar-refractivity contribution in [3.05, 3.63) is 71.9 Å². The van der Waals surface area contributed by atoms with E-state index in [1.807, 2.05) is 39.1 Å². The number of imidazole rings is 1. The topological polar surface area (TPSA) is 135 Å². The highest BCUT2D eigenvalue weighted by Gasteiger charge is 2.25. The van der Waals surface area contributed by atoms with Gasteiger partial charge in [0.1, 0.15) is 11.5 Å². The number of benzene rings is 1. The average Bonchev–Trinajstić information content (AvgIpc) is 3.64. The number of rotatable bonds is 6. The molecule has 4 aromatic heterocycles. The van der Waals surface area contributed by atoms with Crippen molar-refractivity contribution in [3.63, 3.8) is 0 Å². The summed E-state index contributed by atoms with van der Waals surface area (Å²) in [5.74, 6) is -0.176. The van der Waals surface area contributed by atoms with Gasteiger partial charge in [0, 0.05) is 42.4 Å². The Morgan fingerprint density at radius 2 is 1.88 bits per heavy atom. The third-order valence-electron chi connectivity index (χ3n) is 7.24. The van der Waals surface area contributed by atoms with Crippen molar-refractivity contribution >= 4 is 22.8 Å². The lowest BCUT2D eigenvalue weighted by atomic mass is 9.97. The van der Waals surface area contributed by atoms with Gasteiger partial charge in [-0.25, -0.2) is 14.4 Å². The predicted octanol–water partition coefficient (Wildman–Crippen LogP) is 5.05. The van der Waals surface area contributed by atoms with Crippen LogP contribution in [0.25, 0.3) is 33.8 Å². The summed E-state index contributed by atoms with van der Waals surface area (Å²) in [5, 5.41) is 6.39. The van der Waals surface area contributed by atoms with Gasteiger partial charge in [-0.15, -0.1) is 0 Å². The van der Waals surface area contributed by atoms with Crippen LogP contribution in [0.5, 0.6) is 0 Å². The number of amides is 1. The van der Waals surface area contributed by atoms with Crippen LogP contribution in [0.15, 0.2) is 53.3 Å². The minimum atomic E-state index is -0.542. The summed E-state index contributed by atoms with van der Waals surface area (Å²) >= 11 is 0. The number of halogens is 1. The van der Waals surface area contributed by atoms with E-state index in [4.69, 9.17) is 9.26 Å². The van der Waals surface area contributed by atoms with E-state index in [9.17, 15) is 4.79 Å². The second-order valence-electron chi connectivity index (χ2n) is 11.9. The molecule has 1 aliphatic heterocycles. The molecule has 2 atom stereocenters. The van der Waals surface area contributed by atoms with Gasteiger partial charge in [0.15, 0.2) is 11.5 Å². The molecule has 0 saturated carbocycles. The predicted molar refractivity (Wildman–Crippen MR) is 159 cm³/mol. The third-order valence-corrected chi connectivity index (χ3v) is 7.24. The van der Waals surface area contributed by atoms with Gasteiger partial charge >= 0.3 is 0 Å². The number of anilines is 1. The Balaban J connectivity index is 1.18. The molecule has 0 spiro atoms. The van der Waals surface area contributed by atoms with Gasteiger partial charge in [-0.2, -0.15) is 4.98 Å². The highest BCUT2D eigenvalue weighted by atomic mass is 19.1. The second-order valence-corrected chi connectivity index (χ2v) is 11.9. The molecule has 2 N–H and O–H groups in total. The van der Waals surface area contributed by atoms with E-state index in [1.54, 1.807) is 24.4 Å².